The van der Waals surface area contributed by atoms with E-state index in [1.807, 2.05) is 19.1 Å². The second-order valence-electron chi connectivity index (χ2n) is 5.34. The number of aromatic nitrogens is 2. The Balaban J connectivity index is 1.73. The molecule has 6 nitrogen and oxygen atoms in total. The summed E-state index contributed by atoms with van der Waals surface area (Å²) in [4.78, 5) is 0.207. The van der Waals surface area contributed by atoms with Crippen LogP contribution >= 0.6 is 0 Å². The molecule has 2 aromatic rings. The van der Waals surface area contributed by atoms with E-state index in [9.17, 15) is 8.42 Å². The van der Waals surface area contributed by atoms with Gasteiger partial charge in [-0.3, -0.25) is 4.68 Å². The van der Waals surface area contributed by atoms with Crippen molar-refractivity contribution in [2.75, 3.05) is 13.1 Å². The Morgan fingerprint density at radius 1 is 1.41 bits per heavy atom. The first-order valence-corrected chi connectivity index (χ1v) is 8.92. The fourth-order valence-electron chi connectivity index (χ4n) is 2.71. The van der Waals surface area contributed by atoms with Crippen LogP contribution in [0.3, 0.4) is 0 Å². The van der Waals surface area contributed by atoms with Gasteiger partial charge in [0.15, 0.2) is 0 Å². The lowest BCUT2D eigenvalue weighted by molar-refractivity contribution is 0.491. The zero-order valence-electron chi connectivity index (χ0n) is 12.5. The first-order chi connectivity index (χ1) is 10.6. The third-order valence-corrected chi connectivity index (χ3v) is 5.32. The average molecular weight is 320 g/mol. The Hall–Kier alpha value is -1.70. The van der Waals surface area contributed by atoms with E-state index in [1.54, 1.807) is 10.9 Å². The lowest BCUT2D eigenvalue weighted by Crippen LogP contribution is -2.38. The maximum Gasteiger partial charge on any atom is 0.243 e. The molecule has 0 saturated carbocycles. The largest absolute Gasteiger partial charge is 0.308 e. The molecule has 0 fully saturated rings. The van der Waals surface area contributed by atoms with Gasteiger partial charge in [0.25, 0.3) is 0 Å². The van der Waals surface area contributed by atoms with Crippen molar-refractivity contribution in [2.45, 2.75) is 30.8 Å². The second-order valence-corrected chi connectivity index (χ2v) is 7.11. The van der Waals surface area contributed by atoms with Crippen LogP contribution in [-0.4, -0.2) is 31.3 Å². The minimum Gasteiger partial charge on any atom is -0.308 e. The molecule has 0 saturated heterocycles. The molecule has 1 aromatic heterocycles. The molecule has 118 valence electrons. The lowest BCUT2D eigenvalue weighted by atomic mass is 9.95. The SMILES string of the molecule is CCn1cc(S(=O)(=O)NCC2NCCc3ccccc32)cn1. The van der Waals surface area contributed by atoms with E-state index in [-0.39, 0.29) is 10.9 Å². The monoisotopic (exact) mass is 320 g/mol. The first-order valence-electron chi connectivity index (χ1n) is 7.43. The van der Waals surface area contributed by atoms with Crippen LogP contribution in [0.1, 0.15) is 24.1 Å². The van der Waals surface area contributed by atoms with Gasteiger partial charge in [-0.25, -0.2) is 13.1 Å². The summed E-state index contributed by atoms with van der Waals surface area (Å²) >= 11 is 0. The highest BCUT2D eigenvalue weighted by Gasteiger charge is 2.22. The third-order valence-electron chi connectivity index (χ3n) is 3.94. The van der Waals surface area contributed by atoms with Crippen molar-refractivity contribution in [1.82, 2.24) is 19.8 Å². The van der Waals surface area contributed by atoms with Gasteiger partial charge < -0.3 is 5.32 Å². The van der Waals surface area contributed by atoms with Crippen LogP contribution in [0.25, 0.3) is 0 Å². The van der Waals surface area contributed by atoms with Crippen LogP contribution in [0.15, 0.2) is 41.6 Å². The summed E-state index contributed by atoms with van der Waals surface area (Å²) in [5.41, 5.74) is 2.45. The lowest BCUT2D eigenvalue weighted by Gasteiger charge is -2.27. The molecule has 0 aliphatic carbocycles. The minimum absolute atomic E-state index is 0.000875. The van der Waals surface area contributed by atoms with E-state index in [4.69, 9.17) is 0 Å². The predicted molar refractivity (Wildman–Crippen MR) is 84.0 cm³/mol. The van der Waals surface area contributed by atoms with E-state index >= 15 is 0 Å². The van der Waals surface area contributed by atoms with Crippen molar-refractivity contribution in [2.24, 2.45) is 0 Å². The van der Waals surface area contributed by atoms with E-state index < -0.39 is 10.0 Å². The highest BCUT2D eigenvalue weighted by molar-refractivity contribution is 7.89. The van der Waals surface area contributed by atoms with Gasteiger partial charge in [0, 0.05) is 25.3 Å². The third kappa shape index (κ3) is 3.06. The summed E-state index contributed by atoms with van der Waals surface area (Å²) in [6.07, 6.45) is 3.90. The molecule has 0 amide bonds. The fraction of sp³-hybridized carbons (Fsp3) is 0.400. The fourth-order valence-corrected chi connectivity index (χ4v) is 3.71. The van der Waals surface area contributed by atoms with Crippen LogP contribution in [0.2, 0.25) is 0 Å². The van der Waals surface area contributed by atoms with Gasteiger partial charge in [-0.2, -0.15) is 5.10 Å². The highest BCUT2D eigenvalue weighted by atomic mass is 32.2. The van der Waals surface area contributed by atoms with Crippen LogP contribution in [-0.2, 0) is 23.0 Å². The summed E-state index contributed by atoms with van der Waals surface area (Å²) in [6, 6.07) is 8.16. The molecule has 1 unspecified atom stereocenters. The van der Waals surface area contributed by atoms with Crippen molar-refractivity contribution in [3.8, 4) is 0 Å². The smallest absolute Gasteiger partial charge is 0.243 e. The molecule has 22 heavy (non-hydrogen) atoms. The molecule has 7 heteroatoms. The normalized spacial score (nSPS) is 18.1. The number of aryl methyl sites for hydroxylation is 1. The predicted octanol–water partition coefficient (Wildman–Crippen LogP) is 1.07. The van der Waals surface area contributed by atoms with Gasteiger partial charge >= 0.3 is 0 Å². The molecule has 2 N–H and O–H groups in total. The Bertz CT molecular complexity index is 754. The number of fused-ring (bicyclic) bond motifs is 1. The Morgan fingerprint density at radius 2 is 2.23 bits per heavy atom. The Labute approximate surface area is 130 Å². The van der Waals surface area contributed by atoms with Crippen molar-refractivity contribution in [1.29, 1.82) is 0 Å². The Kier molecular flexibility index (Phi) is 4.28. The van der Waals surface area contributed by atoms with Crippen LogP contribution in [0.4, 0.5) is 0 Å². The van der Waals surface area contributed by atoms with Crippen molar-refractivity contribution in [3.05, 3.63) is 47.8 Å². The molecule has 2 heterocycles. The number of hydrogen-bond donors (Lipinski definition) is 2. The molecule has 0 radical (unpaired) electrons. The maximum atomic E-state index is 12.3. The maximum absolute atomic E-state index is 12.3. The van der Waals surface area contributed by atoms with Crippen molar-refractivity contribution >= 4 is 10.0 Å². The number of rotatable bonds is 5. The second kappa shape index (κ2) is 6.20. The molecule has 1 aromatic carbocycles. The molecular weight excluding hydrogens is 300 g/mol. The number of nitrogens with zero attached hydrogens (tertiary/aromatic N) is 2. The molecule has 1 atom stereocenters. The average Bonchev–Trinajstić information content (AvgIpc) is 3.03. The number of sulfonamides is 1. The summed E-state index contributed by atoms with van der Waals surface area (Å²) < 4.78 is 28.9. The van der Waals surface area contributed by atoms with Gasteiger partial charge in [-0.1, -0.05) is 24.3 Å². The quantitative estimate of drug-likeness (QED) is 0.864. The zero-order chi connectivity index (χ0) is 15.6. The summed E-state index contributed by atoms with van der Waals surface area (Å²) in [7, 11) is -3.52. The molecule has 0 spiro atoms. The number of nitrogens with one attached hydrogen (secondary N) is 2. The summed E-state index contributed by atoms with van der Waals surface area (Å²) in [6.45, 7) is 3.75. The molecule has 1 aliphatic rings. The van der Waals surface area contributed by atoms with E-state index in [2.05, 4.69) is 27.3 Å². The number of benzene rings is 1. The van der Waals surface area contributed by atoms with Gasteiger partial charge in [-0.15, -0.1) is 0 Å². The van der Waals surface area contributed by atoms with E-state index in [0.717, 1.165) is 13.0 Å². The van der Waals surface area contributed by atoms with Gasteiger partial charge in [-0.05, 0) is 31.0 Å². The highest BCUT2D eigenvalue weighted by Crippen LogP contribution is 2.22. The van der Waals surface area contributed by atoms with Crippen molar-refractivity contribution in [3.63, 3.8) is 0 Å². The molecule has 3 rings (SSSR count). The standard InChI is InChI=1S/C15H20N4O2S/c1-2-19-11-13(9-17-19)22(20,21)18-10-15-14-6-4-3-5-12(14)7-8-16-15/h3-6,9,11,15-16,18H,2,7-8,10H2,1H3. The minimum atomic E-state index is -3.52. The van der Waals surface area contributed by atoms with Crippen molar-refractivity contribution < 1.29 is 8.42 Å². The summed E-state index contributed by atoms with van der Waals surface area (Å²) in [5, 5.41) is 7.38. The molecular formula is C15H20N4O2S. The first kappa shape index (κ1) is 15.2. The van der Waals surface area contributed by atoms with Gasteiger partial charge in [0.2, 0.25) is 10.0 Å². The number of hydrogen-bond acceptors (Lipinski definition) is 4. The van der Waals surface area contributed by atoms with Crippen LogP contribution in [0, 0.1) is 0 Å². The Morgan fingerprint density at radius 3 is 3.00 bits per heavy atom. The van der Waals surface area contributed by atoms with E-state index in [1.165, 1.54) is 17.3 Å². The summed E-state index contributed by atoms with van der Waals surface area (Å²) in [5.74, 6) is 0. The van der Waals surface area contributed by atoms with Crippen LogP contribution < -0.4 is 10.0 Å². The topological polar surface area (TPSA) is 76.0 Å². The van der Waals surface area contributed by atoms with Gasteiger partial charge in [0.1, 0.15) is 4.90 Å². The van der Waals surface area contributed by atoms with E-state index in [0.29, 0.717) is 13.1 Å². The molecule has 0 bridgehead atoms. The molecule has 1 aliphatic heterocycles. The van der Waals surface area contributed by atoms with Crippen LogP contribution in [0.5, 0.6) is 0 Å². The van der Waals surface area contributed by atoms with Gasteiger partial charge in [0.05, 0.1) is 6.20 Å². The zero-order valence-corrected chi connectivity index (χ0v) is 13.3.